The molecule has 1 aliphatic heterocycles. The molecule has 2 rings (SSSR count). The number of hydrogen-bond donors (Lipinski definition) is 2. The normalized spacial score (nSPS) is 22.0. The average Bonchev–Trinajstić information content (AvgIpc) is 2.67. The molecule has 1 aliphatic rings. The van der Waals surface area contributed by atoms with E-state index in [2.05, 4.69) is 62.3 Å². The zero-order valence-corrected chi connectivity index (χ0v) is 16.7. The molecule has 0 aliphatic carbocycles. The van der Waals surface area contributed by atoms with E-state index in [9.17, 15) is 0 Å². The van der Waals surface area contributed by atoms with Crippen LogP contribution in [0.2, 0.25) is 0 Å². The summed E-state index contributed by atoms with van der Waals surface area (Å²) in [4.78, 5) is 4.44. The van der Waals surface area contributed by atoms with Crippen LogP contribution >= 0.6 is 0 Å². The van der Waals surface area contributed by atoms with Crippen molar-refractivity contribution in [2.24, 2.45) is 10.7 Å². The van der Waals surface area contributed by atoms with Gasteiger partial charge in [0.25, 0.3) is 0 Å². The van der Waals surface area contributed by atoms with Gasteiger partial charge in [0.05, 0.1) is 13.6 Å². The first-order chi connectivity index (χ1) is 12.5. The zero-order chi connectivity index (χ0) is 19.0. The van der Waals surface area contributed by atoms with Crippen LogP contribution < -0.4 is 5.73 Å². The molecule has 1 aromatic carbocycles. The molecular weight excluding hydrogens is 320 g/mol. The second kappa shape index (κ2) is 9.67. The van der Waals surface area contributed by atoms with E-state index in [4.69, 9.17) is 11.1 Å². The fourth-order valence-corrected chi connectivity index (χ4v) is 3.65. The molecule has 4 heteroatoms. The first-order valence-electron chi connectivity index (χ1n) is 9.95. The summed E-state index contributed by atoms with van der Waals surface area (Å²) in [5.41, 5.74) is 8.92. The van der Waals surface area contributed by atoms with Crippen molar-refractivity contribution in [2.75, 3.05) is 26.7 Å². The molecule has 1 aromatic rings. The summed E-state index contributed by atoms with van der Waals surface area (Å²) < 4.78 is 0.905. The highest BCUT2D eigenvalue weighted by Crippen LogP contribution is 2.31. The minimum atomic E-state index is 0.389. The third-order valence-electron chi connectivity index (χ3n) is 5.65. The van der Waals surface area contributed by atoms with Gasteiger partial charge in [-0.3, -0.25) is 10.4 Å². The van der Waals surface area contributed by atoms with Gasteiger partial charge in [-0.2, -0.15) is 0 Å². The highest BCUT2D eigenvalue weighted by Gasteiger charge is 2.34. The van der Waals surface area contributed by atoms with Crippen molar-refractivity contribution >= 4 is 11.5 Å². The van der Waals surface area contributed by atoms with E-state index in [0.29, 0.717) is 17.6 Å². The lowest BCUT2D eigenvalue weighted by molar-refractivity contribution is -0.934. The highest BCUT2D eigenvalue weighted by atomic mass is 15.4. The fourth-order valence-electron chi connectivity index (χ4n) is 3.65. The first-order valence-corrected chi connectivity index (χ1v) is 9.95. The molecule has 2 atom stereocenters. The van der Waals surface area contributed by atoms with Gasteiger partial charge in [-0.1, -0.05) is 62.6 Å². The van der Waals surface area contributed by atoms with Crippen LogP contribution in [0.25, 0.3) is 0 Å². The van der Waals surface area contributed by atoms with Gasteiger partial charge >= 0.3 is 0 Å². The molecule has 0 spiro atoms. The Bertz CT molecular complexity index is 647. The number of benzene rings is 1. The van der Waals surface area contributed by atoms with Gasteiger partial charge < -0.3 is 10.2 Å². The predicted molar refractivity (Wildman–Crippen MR) is 112 cm³/mol. The molecule has 0 aromatic heterocycles. The van der Waals surface area contributed by atoms with Crippen molar-refractivity contribution in [3.05, 3.63) is 47.5 Å². The van der Waals surface area contributed by atoms with Crippen LogP contribution in [-0.4, -0.2) is 42.7 Å². The van der Waals surface area contributed by atoms with Crippen molar-refractivity contribution in [3.8, 4) is 0 Å². The Morgan fingerprint density at radius 3 is 2.65 bits per heavy atom. The molecular formula is C22H35N4+. The van der Waals surface area contributed by atoms with Crippen molar-refractivity contribution in [2.45, 2.75) is 52.0 Å². The van der Waals surface area contributed by atoms with Gasteiger partial charge in [-0.15, -0.1) is 0 Å². The maximum atomic E-state index is 8.49. The second-order valence-corrected chi connectivity index (χ2v) is 7.67. The van der Waals surface area contributed by atoms with Crippen LogP contribution in [-0.2, 0) is 0 Å². The van der Waals surface area contributed by atoms with Crippen molar-refractivity contribution in [3.63, 3.8) is 0 Å². The lowest BCUT2D eigenvalue weighted by atomic mass is 9.97. The van der Waals surface area contributed by atoms with Gasteiger partial charge in [-0.05, 0) is 13.3 Å². The number of rotatable bonds is 9. The molecule has 0 saturated heterocycles. The Kier molecular flexibility index (Phi) is 7.58. The van der Waals surface area contributed by atoms with Gasteiger partial charge in [-0.25, -0.2) is 0 Å². The van der Waals surface area contributed by atoms with E-state index in [1.807, 2.05) is 0 Å². The summed E-state index contributed by atoms with van der Waals surface area (Å²) in [5, 5.41) is 8.49. The number of quaternary nitrogens is 1. The van der Waals surface area contributed by atoms with E-state index in [1.54, 1.807) is 0 Å². The predicted octanol–water partition coefficient (Wildman–Crippen LogP) is 4.48. The number of likely N-dealkylation sites (N-methyl/N-ethyl adjacent to an activating group) is 1. The minimum absolute atomic E-state index is 0.389. The second-order valence-electron chi connectivity index (χ2n) is 7.67. The van der Waals surface area contributed by atoms with Gasteiger partial charge in [0.2, 0.25) is 0 Å². The number of nitrogens with two attached hydrogens (primary N) is 1. The number of aliphatic imine (C=N–C) groups is 1. The van der Waals surface area contributed by atoms with E-state index in [0.717, 1.165) is 42.5 Å². The summed E-state index contributed by atoms with van der Waals surface area (Å²) >= 11 is 0. The summed E-state index contributed by atoms with van der Waals surface area (Å²) in [7, 11) is 2.29. The monoisotopic (exact) mass is 355 g/mol. The lowest BCUT2D eigenvalue weighted by Crippen LogP contribution is -2.51. The van der Waals surface area contributed by atoms with Crippen molar-refractivity contribution < 1.29 is 4.48 Å². The largest absolute Gasteiger partial charge is 0.382 e. The minimum Gasteiger partial charge on any atom is -0.382 e. The van der Waals surface area contributed by atoms with Crippen LogP contribution in [0.1, 0.15) is 57.6 Å². The molecule has 0 radical (unpaired) electrons. The number of amidine groups is 1. The van der Waals surface area contributed by atoms with Crippen LogP contribution in [0.15, 0.2) is 47.0 Å². The molecule has 26 heavy (non-hydrogen) atoms. The third kappa shape index (κ3) is 5.28. The van der Waals surface area contributed by atoms with Crippen LogP contribution in [0.3, 0.4) is 0 Å². The van der Waals surface area contributed by atoms with Crippen LogP contribution in [0.5, 0.6) is 0 Å². The molecule has 0 fully saturated rings. The summed E-state index contributed by atoms with van der Waals surface area (Å²) in [5.74, 6) is 0.397. The maximum Gasteiger partial charge on any atom is 0.144 e. The standard InChI is InChI=1S/C22H35N4/c1-4-5-6-10-15-25-22(24)21(23)20-14-11-16-26(3,17-20)18(2)19-12-8-7-9-13-19/h7-9,12-14,18,23H,4-6,10-11,15-17H2,1-3H3,(H2,24,25)/q+1. The van der Waals surface area contributed by atoms with Crippen molar-refractivity contribution in [1.82, 2.24) is 0 Å². The molecule has 142 valence electrons. The van der Waals surface area contributed by atoms with Crippen molar-refractivity contribution in [1.29, 1.82) is 5.41 Å². The van der Waals surface area contributed by atoms with E-state index >= 15 is 0 Å². The Morgan fingerprint density at radius 1 is 1.23 bits per heavy atom. The van der Waals surface area contributed by atoms with Gasteiger partial charge in [0.15, 0.2) is 0 Å². The summed E-state index contributed by atoms with van der Waals surface area (Å²) in [6, 6.07) is 11.0. The molecule has 3 N–H and O–H groups in total. The first kappa shape index (κ1) is 20.4. The number of hydrogen-bond acceptors (Lipinski definition) is 2. The van der Waals surface area contributed by atoms with Gasteiger partial charge in [0.1, 0.15) is 24.1 Å². The van der Waals surface area contributed by atoms with E-state index in [1.165, 1.54) is 24.8 Å². The third-order valence-corrected chi connectivity index (χ3v) is 5.65. The number of nitrogens with zero attached hydrogens (tertiary/aromatic N) is 2. The molecule has 0 amide bonds. The topological polar surface area (TPSA) is 62.2 Å². The maximum absolute atomic E-state index is 8.49. The quantitative estimate of drug-likeness (QED) is 0.292. The average molecular weight is 356 g/mol. The lowest BCUT2D eigenvalue weighted by Gasteiger charge is -2.43. The fraction of sp³-hybridized carbons (Fsp3) is 0.545. The zero-order valence-electron chi connectivity index (χ0n) is 16.7. The molecule has 0 bridgehead atoms. The Hall–Kier alpha value is -1.94. The molecule has 4 nitrogen and oxygen atoms in total. The molecule has 1 heterocycles. The highest BCUT2D eigenvalue weighted by molar-refractivity contribution is 6.45. The Labute approximate surface area is 158 Å². The SMILES string of the molecule is CCCCCCN=C(N)C(=N)C1=CCC[N+](C)(C(C)c2ccccc2)C1. The smallest absolute Gasteiger partial charge is 0.144 e. The number of nitrogens with one attached hydrogen (secondary N) is 1. The summed E-state index contributed by atoms with van der Waals surface area (Å²) in [6.45, 7) is 7.14. The van der Waals surface area contributed by atoms with E-state index in [-0.39, 0.29) is 0 Å². The van der Waals surface area contributed by atoms with Gasteiger partial charge in [0, 0.05) is 24.1 Å². The summed E-state index contributed by atoms with van der Waals surface area (Å²) in [6.07, 6.45) is 7.87. The van der Waals surface area contributed by atoms with E-state index < -0.39 is 0 Å². The number of unbranched alkanes of at least 4 members (excludes halogenated alkanes) is 3. The Balaban J connectivity index is 2.01. The Morgan fingerprint density at radius 2 is 1.96 bits per heavy atom. The molecule has 2 unspecified atom stereocenters. The molecule has 0 saturated carbocycles. The van der Waals surface area contributed by atoms with Crippen LogP contribution in [0, 0.1) is 5.41 Å². The van der Waals surface area contributed by atoms with Crippen LogP contribution in [0.4, 0.5) is 0 Å².